The van der Waals surface area contributed by atoms with Gasteiger partial charge in [0.25, 0.3) is 0 Å². The van der Waals surface area contributed by atoms with Crippen molar-refractivity contribution in [3.63, 3.8) is 0 Å². The molecule has 0 bridgehead atoms. The zero-order chi connectivity index (χ0) is 26.8. The fraction of sp³-hybridized carbons (Fsp3) is 0.172. The minimum Gasteiger partial charge on any atom is -0.508 e. The average Bonchev–Trinajstić information content (AvgIpc) is 3.21. The van der Waals surface area contributed by atoms with Crippen LogP contribution in [0.3, 0.4) is 0 Å². The first-order valence-corrected chi connectivity index (χ1v) is 13.0. The van der Waals surface area contributed by atoms with Crippen LogP contribution < -0.4 is 0 Å². The molecule has 0 saturated heterocycles. The number of aromatic hydroxyl groups is 1. The van der Waals surface area contributed by atoms with Gasteiger partial charge in [-0.15, -0.1) is 0 Å². The van der Waals surface area contributed by atoms with Crippen molar-refractivity contribution >= 4 is 10.1 Å². The predicted octanol–water partition coefficient (Wildman–Crippen LogP) is 6.85. The number of phenolic OH excluding ortho intramolecular Hbond substituents is 1. The maximum absolute atomic E-state index is 10.7. The van der Waals surface area contributed by atoms with Crippen molar-refractivity contribution in [2.75, 3.05) is 0 Å². The molecule has 0 heterocycles. The van der Waals surface area contributed by atoms with Crippen LogP contribution in [-0.4, -0.2) is 23.6 Å². The number of rotatable bonds is 4. The normalized spacial score (nSPS) is 12.4. The van der Waals surface area contributed by atoms with Crippen LogP contribution in [0.5, 0.6) is 5.75 Å². The second-order valence-corrected chi connectivity index (χ2v) is 10.3. The van der Waals surface area contributed by atoms with Gasteiger partial charge >= 0.3 is 15.6 Å². The van der Waals surface area contributed by atoms with Crippen LogP contribution >= 0.6 is 0 Å². The maximum atomic E-state index is 10.7. The molecule has 4 aromatic rings. The van der Waals surface area contributed by atoms with Crippen molar-refractivity contribution in [1.82, 2.24) is 0 Å². The minimum atomic E-state index is -5.84. The number of phenols is 1. The third-order valence-electron chi connectivity index (χ3n) is 6.45. The fourth-order valence-corrected chi connectivity index (χ4v) is 4.54. The molecule has 1 aliphatic carbocycles. The van der Waals surface area contributed by atoms with Crippen molar-refractivity contribution in [1.29, 1.82) is 0 Å². The summed E-state index contributed by atoms with van der Waals surface area (Å²) in [5, 5.41) is 9.68. The van der Waals surface area contributed by atoms with Gasteiger partial charge in [0, 0.05) is 0 Å². The van der Waals surface area contributed by atoms with Crippen molar-refractivity contribution in [3.05, 3.63) is 124 Å². The Hall–Kier alpha value is -3.62. The van der Waals surface area contributed by atoms with E-state index in [2.05, 4.69) is 67.6 Å². The number of hydrogen-bond donors (Lipinski definition) is 2. The zero-order valence-electron chi connectivity index (χ0n) is 20.0. The molecule has 1 aliphatic rings. The van der Waals surface area contributed by atoms with Gasteiger partial charge in [-0.1, -0.05) is 72.8 Å². The van der Waals surface area contributed by atoms with Crippen LogP contribution in [0.4, 0.5) is 13.2 Å². The number of hydrogen-bond acceptors (Lipinski definition) is 3. The Labute approximate surface area is 213 Å². The van der Waals surface area contributed by atoms with E-state index in [0.29, 0.717) is 5.75 Å². The Balaban J connectivity index is 0.000000349. The summed E-state index contributed by atoms with van der Waals surface area (Å²) < 4.78 is 57.5. The highest BCUT2D eigenvalue weighted by atomic mass is 32.2. The second-order valence-electron chi connectivity index (χ2n) is 8.93. The van der Waals surface area contributed by atoms with Gasteiger partial charge in [-0.2, -0.15) is 21.6 Å². The molecule has 4 nitrogen and oxygen atoms in total. The van der Waals surface area contributed by atoms with E-state index < -0.39 is 15.6 Å². The van der Waals surface area contributed by atoms with Gasteiger partial charge in [-0.05, 0) is 88.4 Å². The van der Waals surface area contributed by atoms with E-state index in [4.69, 9.17) is 13.0 Å². The van der Waals surface area contributed by atoms with E-state index >= 15 is 0 Å². The molecule has 0 spiro atoms. The Bertz CT molecular complexity index is 1530. The van der Waals surface area contributed by atoms with Crippen LogP contribution in [0.15, 0.2) is 84.9 Å². The summed E-state index contributed by atoms with van der Waals surface area (Å²) in [6.45, 7) is 2.19. The molecule has 0 fully saturated rings. The lowest BCUT2D eigenvalue weighted by Crippen LogP contribution is -2.21. The Morgan fingerprint density at radius 3 is 2.05 bits per heavy atom. The summed E-state index contributed by atoms with van der Waals surface area (Å²) in [7, 11) is -5.84. The monoisotopic (exact) mass is 526 g/mol. The fourth-order valence-electron chi connectivity index (χ4n) is 4.54. The molecule has 0 aliphatic heterocycles. The number of alkyl halides is 3. The zero-order valence-corrected chi connectivity index (χ0v) is 20.8. The van der Waals surface area contributed by atoms with Crippen molar-refractivity contribution in [3.8, 4) is 16.9 Å². The molecule has 0 radical (unpaired) electrons. The van der Waals surface area contributed by atoms with E-state index in [-0.39, 0.29) is 0 Å². The van der Waals surface area contributed by atoms with Gasteiger partial charge in [-0.25, -0.2) is 0 Å². The lowest BCUT2D eigenvalue weighted by atomic mass is 9.88. The molecule has 37 heavy (non-hydrogen) atoms. The highest BCUT2D eigenvalue weighted by Crippen LogP contribution is 2.40. The Morgan fingerprint density at radius 1 is 0.784 bits per heavy atom. The first-order chi connectivity index (χ1) is 17.4. The molecule has 0 atom stereocenters. The van der Waals surface area contributed by atoms with E-state index in [9.17, 15) is 18.3 Å². The van der Waals surface area contributed by atoms with Gasteiger partial charge in [0.1, 0.15) is 5.75 Å². The van der Waals surface area contributed by atoms with Gasteiger partial charge in [0.15, 0.2) is 0 Å². The molecular formula is C29H25F3O4S. The second kappa shape index (κ2) is 10.4. The number of fused-ring (bicyclic) bond motifs is 3. The average molecular weight is 527 g/mol. The summed E-state index contributed by atoms with van der Waals surface area (Å²) in [6.07, 6.45) is 2.84. The molecule has 0 aromatic heterocycles. The van der Waals surface area contributed by atoms with E-state index in [1.54, 1.807) is 12.1 Å². The predicted molar refractivity (Wildman–Crippen MR) is 137 cm³/mol. The molecule has 0 unspecified atom stereocenters. The van der Waals surface area contributed by atoms with Crippen LogP contribution in [0.2, 0.25) is 0 Å². The third kappa shape index (κ3) is 6.03. The molecule has 2 N–H and O–H groups in total. The van der Waals surface area contributed by atoms with E-state index in [1.807, 2.05) is 12.1 Å². The highest BCUT2D eigenvalue weighted by Gasteiger charge is 2.44. The quantitative estimate of drug-likeness (QED) is 0.198. The van der Waals surface area contributed by atoms with E-state index in [0.717, 1.165) is 19.3 Å². The van der Waals surface area contributed by atoms with Gasteiger partial charge in [0.2, 0.25) is 0 Å². The van der Waals surface area contributed by atoms with Crippen molar-refractivity contribution < 1.29 is 31.2 Å². The lowest BCUT2D eigenvalue weighted by Gasteiger charge is -2.16. The van der Waals surface area contributed by atoms with Crippen LogP contribution in [0.25, 0.3) is 11.1 Å². The lowest BCUT2D eigenvalue weighted by molar-refractivity contribution is -0.0510. The molecule has 0 amide bonds. The topological polar surface area (TPSA) is 74.6 Å². The molecule has 8 heteroatoms. The first-order valence-electron chi connectivity index (χ1n) is 11.5. The SMILES string of the molecule is Cc1ccccc1Cc1ccc2c(c1Cc1ccc(O)cc1)Cc1ccccc1-2.O=S(=O)(O)C(F)(F)F. The Kier molecular flexibility index (Phi) is 7.43. The smallest absolute Gasteiger partial charge is 0.508 e. The summed E-state index contributed by atoms with van der Waals surface area (Å²) in [6, 6.07) is 29.7. The number of benzene rings is 4. The summed E-state index contributed by atoms with van der Waals surface area (Å²) >= 11 is 0. The van der Waals surface area contributed by atoms with Crippen LogP contribution in [0.1, 0.15) is 38.9 Å². The summed E-state index contributed by atoms with van der Waals surface area (Å²) in [5.74, 6) is 0.319. The first kappa shape index (κ1) is 26.4. The molecule has 4 aromatic carbocycles. The van der Waals surface area contributed by atoms with Gasteiger partial charge in [-0.3, -0.25) is 4.55 Å². The van der Waals surface area contributed by atoms with Gasteiger partial charge < -0.3 is 5.11 Å². The maximum Gasteiger partial charge on any atom is 0.522 e. The standard InChI is InChI=1S/C28H24O.CHF3O3S/c1-19-6-2-3-7-21(19)17-23-12-15-26-25-9-5-4-8-22(25)18-28(26)27(23)16-20-10-13-24(29)14-11-20;2-1(3,4)8(5,6)7/h2-15,29H,16-18H2,1H3;(H,5,6,7). The molecular weight excluding hydrogens is 501 g/mol. The minimum absolute atomic E-state index is 0.319. The summed E-state index contributed by atoms with van der Waals surface area (Å²) in [5.41, 5.74) is 6.90. The Morgan fingerprint density at radius 2 is 1.41 bits per heavy atom. The largest absolute Gasteiger partial charge is 0.522 e. The van der Waals surface area contributed by atoms with Crippen molar-refractivity contribution in [2.45, 2.75) is 31.7 Å². The number of halogens is 3. The number of aryl methyl sites for hydroxylation is 1. The summed E-state index contributed by atoms with van der Waals surface area (Å²) in [4.78, 5) is 0. The van der Waals surface area contributed by atoms with E-state index in [1.165, 1.54) is 50.1 Å². The van der Waals surface area contributed by atoms with Crippen LogP contribution in [0, 0.1) is 6.92 Å². The van der Waals surface area contributed by atoms with Crippen molar-refractivity contribution in [2.24, 2.45) is 0 Å². The van der Waals surface area contributed by atoms with Gasteiger partial charge in [0.05, 0.1) is 0 Å². The molecule has 192 valence electrons. The highest BCUT2D eigenvalue weighted by molar-refractivity contribution is 7.86. The third-order valence-corrected chi connectivity index (χ3v) is 7.04. The molecule has 5 rings (SSSR count). The molecule has 0 saturated carbocycles. The van der Waals surface area contributed by atoms with Crippen LogP contribution in [-0.2, 0) is 29.4 Å².